The zero-order chi connectivity index (χ0) is 26.2. The molecule has 8 nitrogen and oxygen atoms in total. The second kappa shape index (κ2) is 12.1. The number of rotatable bonds is 8. The van der Waals surface area contributed by atoms with Gasteiger partial charge in [0.25, 0.3) is 5.91 Å². The number of hydrogen-bond acceptors (Lipinski definition) is 6. The van der Waals surface area contributed by atoms with Gasteiger partial charge in [-0.1, -0.05) is 30.3 Å². The van der Waals surface area contributed by atoms with E-state index in [4.69, 9.17) is 9.47 Å². The number of carbonyl (C=O) groups is 3. The molecule has 37 heavy (non-hydrogen) atoms. The predicted molar refractivity (Wildman–Crippen MR) is 142 cm³/mol. The summed E-state index contributed by atoms with van der Waals surface area (Å²) in [7, 11) is 1.59. The lowest BCUT2D eigenvalue weighted by Crippen LogP contribution is -2.49. The van der Waals surface area contributed by atoms with E-state index < -0.39 is 5.97 Å². The number of ether oxygens (including phenoxy) is 2. The lowest BCUT2D eigenvalue weighted by atomic mass is 10.1. The first-order chi connectivity index (χ1) is 18.0. The Balaban J connectivity index is 1.49. The number of esters is 1. The third kappa shape index (κ3) is 6.46. The standard InChI is InChI=1S/C29H31N3O5/c1-3-37-29(35)23-11-14-26(25(20-23)30-27(33)19-21-9-12-24(36-2)13-10-21)31-15-17-32(18-16-31)28(34)22-7-5-4-6-8-22/h4-14,20H,3,15-19H2,1-2H3,(H,30,33). The van der Waals surface area contributed by atoms with E-state index in [0.717, 1.165) is 17.0 Å². The number of nitrogens with zero attached hydrogens (tertiary/aromatic N) is 2. The highest BCUT2D eigenvalue weighted by molar-refractivity contribution is 5.99. The summed E-state index contributed by atoms with van der Waals surface area (Å²) in [6, 6.07) is 21.7. The number of amides is 2. The fourth-order valence-electron chi connectivity index (χ4n) is 4.29. The summed E-state index contributed by atoms with van der Waals surface area (Å²) in [4.78, 5) is 42.1. The smallest absolute Gasteiger partial charge is 0.338 e. The predicted octanol–water partition coefficient (Wildman–Crippen LogP) is 4.02. The molecule has 0 radical (unpaired) electrons. The minimum absolute atomic E-state index is 0.00549. The van der Waals surface area contributed by atoms with Gasteiger partial charge in [-0.15, -0.1) is 0 Å². The average molecular weight is 502 g/mol. The molecule has 1 aliphatic heterocycles. The highest BCUT2D eigenvalue weighted by atomic mass is 16.5. The van der Waals surface area contributed by atoms with Gasteiger partial charge in [-0.2, -0.15) is 0 Å². The quantitative estimate of drug-likeness (QED) is 0.469. The Morgan fingerprint density at radius 1 is 0.865 bits per heavy atom. The van der Waals surface area contributed by atoms with Crippen molar-refractivity contribution < 1.29 is 23.9 Å². The molecule has 0 bridgehead atoms. The van der Waals surface area contributed by atoms with Crippen LogP contribution in [0.4, 0.5) is 11.4 Å². The molecule has 2 amide bonds. The molecule has 3 aromatic rings. The minimum Gasteiger partial charge on any atom is -0.497 e. The van der Waals surface area contributed by atoms with E-state index in [1.165, 1.54) is 0 Å². The van der Waals surface area contributed by atoms with Crippen LogP contribution in [0.5, 0.6) is 5.75 Å². The van der Waals surface area contributed by atoms with Gasteiger partial charge in [0.2, 0.25) is 5.91 Å². The SMILES string of the molecule is CCOC(=O)c1ccc(N2CCN(C(=O)c3ccccc3)CC2)c(NC(=O)Cc2ccc(OC)cc2)c1. The number of anilines is 2. The number of nitrogens with one attached hydrogen (secondary N) is 1. The van der Waals surface area contributed by atoms with Crippen LogP contribution in [0, 0.1) is 0 Å². The molecule has 0 aliphatic carbocycles. The Labute approximate surface area is 216 Å². The van der Waals surface area contributed by atoms with Crippen molar-refractivity contribution in [2.24, 2.45) is 0 Å². The van der Waals surface area contributed by atoms with Gasteiger partial charge in [-0.3, -0.25) is 9.59 Å². The lowest BCUT2D eigenvalue weighted by Gasteiger charge is -2.37. The summed E-state index contributed by atoms with van der Waals surface area (Å²) in [6.07, 6.45) is 0.173. The Morgan fingerprint density at radius 3 is 2.22 bits per heavy atom. The Hall–Kier alpha value is -4.33. The topological polar surface area (TPSA) is 88.2 Å². The van der Waals surface area contributed by atoms with Crippen molar-refractivity contribution in [1.29, 1.82) is 0 Å². The van der Waals surface area contributed by atoms with Crippen molar-refractivity contribution in [3.05, 3.63) is 89.5 Å². The van der Waals surface area contributed by atoms with E-state index in [1.807, 2.05) is 65.6 Å². The van der Waals surface area contributed by atoms with Gasteiger partial charge in [0, 0.05) is 31.7 Å². The van der Waals surface area contributed by atoms with Gasteiger partial charge in [0.1, 0.15) is 5.75 Å². The zero-order valence-electron chi connectivity index (χ0n) is 21.1. The van der Waals surface area contributed by atoms with Crippen LogP contribution in [0.2, 0.25) is 0 Å². The molecule has 192 valence electrons. The molecule has 1 saturated heterocycles. The van der Waals surface area contributed by atoms with Crippen LogP contribution in [0.1, 0.15) is 33.2 Å². The zero-order valence-corrected chi connectivity index (χ0v) is 21.1. The average Bonchev–Trinajstić information content (AvgIpc) is 2.93. The van der Waals surface area contributed by atoms with E-state index in [9.17, 15) is 14.4 Å². The molecular weight excluding hydrogens is 470 g/mol. The van der Waals surface area contributed by atoms with Crippen LogP contribution in [-0.2, 0) is 16.0 Å². The van der Waals surface area contributed by atoms with E-state index >= 15 is 0 Å². The molecule has 8 heteroatoms. The molecule has 0 saturated carbocycles. The first kappa shape index (κ1) is 25.8. The summed E-state index contributed by atoms with van der Waals surface area (Å²) in [6.45, 7) is 4.30. The monoisotopic (exact) mass is 501 g/mol. The van der Waals surface area contributed by atoms with Crippen LogP contribution in [0.3, 0.4) is 0 Å². The number of benzene rings is 3. The summed E-state index contributed by atoms with van der Waals surface area (Å²) in [5, 5.41) is 2.98. The van der Waals surface area contributed by atoms with Crippen LogP contribution >= 0.6 is 0 Å². The molecule has 0 unspecified atom stereocenters. The fraction of sp³-hybridized carbons (Fsp3) is 0.276. The maximum atomic E-state index is 12.9. The Morgan fingerprint density at radius 2 is 1.57 bits per heavy atom. The van der Waals surface area contributed by atoms with E-state index in [1.54, 1.807) is 26.2 Å². The van der Waals surface area contributed by atoms with Crippen LogP contribution in [-0.4, -0.2) is 62.6 Å². The van der Waals surface area contributed by atoms with Crippen molar-refractivity contribution in [2.45, 2.75) is 13.3 Å². The molecule has 0 aromatic heterocycles. The molecule has 3 aromatic carbocycles. The van der Waals surface area contributed by atoms with E-state index in [2.05, 4.69) is 10.2 Å². The highest BCUT2D eigenvalue weighted by Gasteiger charge is 2.24. The largest absolute Gasteiger partial charge is 0.497 e. The summed E-state index contributed by atoms with van der Waals surface area (Å²) < 4.78 is 10.3. The van der Waals surface area contributed by atoms with Crippen molar-refractivity contribution in [2.75, 3.05) is 50.1 Å². The highest BCUT2D eigenvalue weighted by Crippen LogP contribution is 2.29. The van der Waals surface area contributed by atoms with Crippen molar-refractivity contribution in [3.63, 3.8) is 0 Å². The molecular formula is C29H31N3O5. The molecule has 1 aliphatic rings. The minimum atomic E-state index is -0.446. The van der Waals surface area contributed by atoms with E-state index in [0.29, 0.717) is 43.0 Å². The maximum absolute atomic E-state index is 12.9. The molecule has 1 heterocycles. The second-order valence-corrected chi connectivity index (χ2v) is 8.67. The van der Waals surface area contributed by atoms with E-state index in [-0.39, 0.29) is 24.8 Å². The normalized spacial score (nSPS) is 13.1. The van der Waals surface area contributed by atoms with Gasteiger partial charge < -0.3 is 24.6 Å². The molecule has 1 N–H and O–H groups in total. The lowest BCUT2D eigenvalue weighted by molar-refractivity contribution is -0.115. The summed E-state index contributed by atoms with van der Waals surface area (Å²) in [5.41, 5.74) is 3.20. The number of piperazine rings is 1. The molecule has 0 atom stereocenters. The Bertz CT molecular complexity index is 1240. The molecule has 4 rings (SSSR count). The van der Waals surface area contributed by atoms with Crippen molar-refractivity contribution in [3.8, 4) is 5.75 Å². The Kier molecular flexibility index (Phi) is 8.40. The third-order valence-corrected chi connectivity index (χ3v) is 6.23. The maximum Gasteiger partial charge on any atom is 0.338 e. The van der Waals surface area contributed by atoms with Crippen LogP contribution < -0.4 is 15.0 Å². The summed E-state index contributed by atoms with van der Waals surface area (Å²) in [5.74, 6) is 0.0766. The fourth-order valence-corrected chi connectivity index (χ4v) is 4.29. The number of carbonyl (C=O) groups excluding carboxylic acids is 3. The molecule has 1 fully saturated rings. The van der Waals surface area contributed by atoms with Gasteiger partial charge >= 0.3 is 5.97 Å². The van der Waals surface area contributed by atoms with Crippen LogP contribution in [0.15, 0.2) is 72.8 Å². The van der Waals surface area contributed by atoms with Gasteiger partial charge in [-0.25, -0.2) is 4.79 Å². The van der Waals surface area contributed by atoms with Gasteiger partial charge in [0.05, 0.1) is 37.1 Å². The molecule has 0 spiro atoms. The number of hydrogen-bond donors (Lipinski definition) is 1. The number of methoxy groups -OCH3 is 1. The van der Waals surface area contributed by atoms with Gasteiger partial charge in [-0.05, 0) is 55.0 Å². The first-order valence-electron chi connectivity index (χ1n) is 12.3. The first-order valence-corrected chi connectivity index (χ1v) is 12.3. The third-order valence-electron chi connectivity index (χ3n) is 6.23. The second-order valence-electron chi connectivity index (χ2n) is 8.67. The van der Waals surface area contributed by atoms with Crippen LogP contribution in [0.25, 0.3) is 0 Å². The van der Waals surface area contributed by atoms with Gasteiger partial charge in [0.15, 0.2) is 0 Å². The summed E-state index contributed by atoms with van der Waals surface area (Å²) >= 11 is 0. The van der Waals surface area contributed by atoms with Crippen molar-refractivity contribution in [1.82, 2.24) is 4.90 Å². The van der Waals surface area contributed by atoms with Crippen molar-refractivity contribution >= 4 is 29.2 Å².